The molecule has 162 valence electrons. The van der Waals surface area contributed by atoms with Gasteiger partial charge in [-0.15, -0.1) is 5.10 Å². The van der Waals surface area contributed by atoms with Crippen molar-refractivity contribution in [2.75, 3.05) is 7.11 Å². The third-order valence-electron chi connectivity index (χ3n) is 4.89. The average Bonchev–Trinajstić information content (AvgIpc) is 3.22. The molecule has 0 spiro atoms. The van der Waals surface area contributed by atoms with Gasteiger partial charge in [0.25, 0.3) is 5.91 Å². The SMILES string of the molecule is COC(=O)[C@@H](C)N(Cc1ccccc1)C(=O)c1nc(C(C)C)n(-c2ccccc2F)n1. The summed E-state index contributed by atoms with van der Waals surface area (Å²) >= 11 is 0. The zero-order valence-electron chi connectivity index (χ0n) is 17.9. The van der Waals surface area contributed by atoms with E-state index in [2.05, 4.69) is 10.1 Å². The molecule has 1 aromatic heterocycles. The van der Waals surface area contributed by atoms with E-state index in [-0.39, 0.29) is 24.0 Å². The van der Waals surface area contributed by atoms with Gasteiger partial charge in [0.15, 0.2) is 0 Å². The number of rotatable bonds is 7. The largest absolute Gasteiger partial charge is 0.467 e. The minimum Gasteiger partial charge on any atom is -0.467 e. The van der Waals surface area contributed by atoms with Gasteiger partial charge in [0.2, 0.25) is 5.82 Å². The van der Waals surface area contributed by atoms with Crippen LogP contribution in [0.4, 0.5) is 4.39 Å². The second-order valence-corrected chi connectivity index (χ2v) is 7.43. The Labute approximate surface area is 180 Å². The van der Waals surface area contributed by atoms with Crippen molar-refractivity contribution in [2.24, 2.45) is 0 Å². The number of para-hydroxylation sites is 1. The minimum absolute atomic E-state index is 0.112. The van der Waals surface area contributed by atoms with E-state index in [4.69, 9.17) is 4.74 Å². The maximum absolute atomic E-state index is 14.4. The van der Waals surface area contributed by atoms with E-state index in [0.717, 1.165) is 5.56 Å². The number of esters is 1. The van der Waals surface area contributed by atoms with Crippen LogP contribution in [0.2, 0.25) is 0 Å². The predicted octanol–water partition coefficient (Wildman–Crippen LogP) is 3.73. The standard InChI is InChI=1S/C23H25FN4O3/c1-15(2)21-25-20(26-28(21)19-13-9-8-12-18(19)24)22(29)27(16(3)23(30)31-4)14-17-10-6-5-7-11-17/h5-13,15-16H,14H2,1-4H3/t16-/m1/s1. The van der Waals surface area contributed by atoms with E-state index in [1.54, 1.807) is 25.1 Å². The molecule has 1 heterocycles. The van der Waals surface area contributed by atoms with Crippen molar-refractivity contribution in [1.82, 2.24) is 19.7 Å². The fourth-order valence-electron chi connectivity index (χ4n) is 3.18. The summed E-state index contributed by atoms with van der Waals surface area (Å²) < 4.78 is 20.6. The van der Waals surface area contributed by atoms with Crippen molar-refractivity contribution in [3.8, 4) is 5.69 Å². The summed E-state index contributed by atoms with van der Waals surface area (Å²) in [5, 5.41) is 4.31. The van der Waals surface area contributed by atoms with Crippen LogP contribution in [0.25, 0.3) is 5.69 Å². The van der Waals surface area contributed by atoms with E-state index < -0.39 is 23.7 Å². The highest BCUT2D eigenvalue weighted by atomic mass is 19.1. The number of halogens is 1. The van der Waals surface area contributed by atoms with Gasteiger partial charge in [-0.1, -0.05) is 56.3 Å². The van der Waals surface area contributed by atoms with E-state index in [9.17, 15) is 14.0 Å². The lowest BCUT2D eigenvalue weighted by Crippen LogP contribution is -2.43. The Balaban J connectivity index is 2.03. The topological polar surface area (TPSA) is 77.3 Å². The molecule has 0 saturated heterocycles. The van der Waals surface area contributed by atoms with Crippen molar-refractivity contribution >= 4 is 11.9 Å². The van der Waals surface area contributed by atoms with Crippen molar-refractivity contribution in [2.45, 2.75) is 39.3 Å². The quantitative estimate of drug-likeness (QED) is 0.540. The molecule has 31 heavy (non-hydrogen) atoms. The summed E-state index contributed by atoms with van der Waals surface area (Å²) in [7, 11) is 1.27. The molecule has 3 rings (SSSR count). The first-order valence-electron chi connectivity index (χ1n) is 9.98. The smallest absolute Gasteiger partial charge is 0.328 e. The van der Waals surface area contributed by atoms with Crippen LogP contribution in [-0.2, 0) is 16.1 Å². The first kappa shape index (κ1) is 22.1. The molecular formula is C23H25FN4O3. The summed E-state index contributed by atoms with van der Waals surface area (Å²) in [5.74, 6) is -1.36. The summed E-state index contributed by atoms with van der Waals surface area (Å²) in [5.41, 5.74) is 1.04. The van der Waals surface area contributed by atoms with Crippen LogP contribution in [0, 0.1) is 5.82 Å². The first-order valence-corrected chi connectivity index (χ1v) is 9.98. The zero-order chi connectivity index (χ0) is 22.5. The number of carbonyl (C=O) groups is 2. The Hall–Kier alpha value is -3.55. The van der Waals surface area contributed by atoms with Crippen LogP contribution in [-0.4, -0.2) is 44.7 Å². The maximum atomic E-state index is 14.4. The summed E-state index contributed by atoms with van der Waals surface area (Å²) in [6.07, 6.45) is 0. The fraction of sp³-hybridized carbons (Fsp3) is 0.304. The Morgan fingerprint density at radius 1 is 1.06 bits per heavy atom. The van der Waals surface area contributed by atoms with Crippen LogP contribution in [0.3, 0.4) is 0 Å². The Morgan fingerprint density at radius 3 is 2.32 bits per heavy atom. The molecule has 0 aliphatic carbocycles. The second kappa shape index (κ2) is 9.51. The summed E-state index contributed by atoms with van der Waals surface area (Å²) in [4.78, 5) is 31.4. The van der Waals surface area contributed by atoms with Crippen molar-refractivity contribution in [3.63, 3.8) is 0 Å². The van der Waals surface area contributed by atoms with Gasteiger partial charge >= 0.3 is 5.97 Å². The molecule has 1 atom stereocenters. The molecule has 2 aromatic carbocycles. The number of hydrogen-bond donors (Lipinski definition) is 0. The van der Waals surface area contributed by atoms with E-state index in [0.29, 0.717) is 5.82 Å². The summed E-state index contributed by atoms with van der Waals surface area (Å²) in [6, 6.07) is 14.6. The van der Waals surface area contributed by atoms with Gasteiger partial charge < -0.3 is 9.64 Å². The van der Waals surface area contributed by atoms with Crippen LogP contribution < -0.4 is 0 Å². The lowest BCUT2D eigenvalue weighted by Gasteiger charge is -2.26. The molecule has 0 bridgehead atoms. The number of methoxy groups -OCH3 is 1. The number of nitrogens with zero attached hydrogens (tertiary/aromatic N) is 4. The van der Waals surface area contributed by atoms with Crippen LogP contribution >= 0.6 is 0 Å². The van der Waals surface area contributed by atoms with Gasteiger partial charge in [-0.05, 0) is 24.6 Å². The number of carbonyl (C=O) groups excluding carboxylic acids is 2. The number of hydrogen-bond acceptors (Lipinski definition) is 5. The van der Waals surface area contributed by atoms with Crippen LogP contribution in [0.15, 0.2) is 54.6 Å². The van der Waals surface area contributed by atoms with Crippen molar-refractivity contribution in [3.05, 3.63) is 77.6 Å². The predicted molar refractivity (Wildman–Crippen MR) is 113 cm³/mol. The molecule has 1 amide bonds. The van der Waals surface area contributed by atoms with Crippen LogP contribution in [0.5, 0.6) is 0 Å². The number of benzene rings is 2. The first-order chi connectivity index (χ1) is 14.8. The van der Waals surface area contributed by atoms with Gasteiger partial charge in [0.05, 0.1) is 7.11 Å². The highest BCUT2D eigenvalue weighted by molar-refractivity contribution is 5.93. The van der Waals surface area contributed by atoms with E-state index in [1.807, 2.05) is 44.2 Å². The normalized spacial score (nSPS) is 11.9. The molecule has 0 aliphatic rings. The number of amides is 1. The maximum Gasteiger partial charge on any atom is 0.328 e. The molecule has 0 unspecified atom stereocenters. The molecule has 0 radical (unpaired) electrons. The van der Waals surface area contributed by atoms with Crippen molar-refractivity contribution in [1.29, 1.82) is 0 Å². The lowest BCUT2D eigenvalue weighted by atomic mass is 10.1. The highest BCUT2D eigenvalue weighted by Gasteiger charge is 2.31. The third-order valence-corrected chi connectivity index (χ3v) is 4.89. The van der Waals surface area contributed by atoms with Gasteiger partial charge in [-0.3, -0.25) is 4.79 Å². The summed E-state index contributed by atoms with van der Waals surface area (Å²) in [6.45, 7) is 5.52. The highest BCUT2D eigenvalue weighted by Crippen LogP contribution is 2.21. The molecule has 0 N–H and O–H groups in total. The molecule has 3 aromatic rings. The van der Waals surface area contributed by atoms with Gasteiger partial charge in [0, 0.05) is 12.5 Å². The average molecular weight is 424 g/mol. The van der Waals surface area contributed by atoms with E-state index in [1.165, 1.54) is 22.8 Å². The Morgan fingerprint density at radius 2 is 1.71 bits per heavy atom. The number of aromatic nitrogens is 3. The van der Waals surface area contributed by atoms with E-state index >= 15 is 0 Å². The van der Waals surface area contributed by atoms with Gasteiger partial charge in [-0.2, -0.15) is 0 Å². The zero-order valence-corrected chi connectivity index (χ0v) is 17.9. The third kappa shape index (κ3) is 4.79. The monoisotopic (exact) mass is 424 g/mol. The molecular weight excluding hydrogens is 399 g/mol. The van der Waals surface area contributed by atoms with Gasteiger partial charge in [-0.25, -0.2) is 18.9 Å². The molecule has 0 fully saturated rings. The lowest BCUT2D eigenvalue weighted by molar-refractivity contribution is -0.145. The molecule has 7 nitrogen and oxygen atoms in total. The molecule has 8 heteroatoms. The second-order valence-electron chi connectivity index (χ2n) is 7.43. The van der Waals surface area contributed by atoms with Crippen molar-refractivity contribution < 1.29 is 18.7 Å². The van der Waals surface area contributed by atoms with Crippen LogP contribution in [0.1, 0.15) is 48.7 Å². The molecule has 0 aliphatic heterocycles. The number of ether oxygens (including phenoxy) is 1. The fourth-order valence-corrected chi connectivity index (χ4v) is 3.18. The molecule has 0 saturated carbocycles. The Bertz CT molecular complexity index is 1070. The minimum atomic E-state index is -0.861. The Kier molecular flexibility index (Phi) is 6.79. The van der Waals surface area contributed by atoms with Gasteiger partial charge in [0.1, 0.15) is 23.4 Å².